The average Bonchev–Trinajstić information content (AvgIpc) is 3.40. The molecular weight excluding hydrogens is 533 g/mol. The fourth-order valence-electron chi connectivity index (χ4n) is 8.02. The smallest absolute Gasteiger partial charge is 0.398 e. The number of nitriles is 1. The van der Waals surface area contributed by atoms with Crippen LogP contribution in [0.3, 0.4) is 0 Å². The Morgan fingerprint density at radius 1 is 1.17 bits per heavy atom. The molecule has 4 aliphatic heterocycles. The van der Waals surface area contributed by atoms with Gasteiger partial charge in [-0.2, -0.15) is 15.2 Å². The van der Waals surface area contributed by atoms with Crippen LogP contribution in [0.1, 0.15) is 86.2 Å². The highest BCUT2D eigenvalue weighted by atomic mass is 19.1. The second kappa shape index (κ2) is 10.7. The molecule has 4 atom stereocenters. The molecule has 0 amide bonds. The number of benzene rings is 1. The van der Waals surface area contributed by atoms with Crippen molar-refractivity contribution in [3.63, 3.8) is 0 Å². The summed E-state index contributed by atoms with van der Waals surface area (Å²) in [4.78, 5) is 18.9. The highest BCUT2D eigenvalue weighted by molar-refractivity contribution is 5.63. The van der Waals surface area contributed by atoms with Gasteiger partial charge in [-0.25, -0.2) is 9.29 Å². The number of hydrogen-bond donors (Lipinski definition) is 1. The summed E-state index contributed by atoms with van der Waals surface area (Å²) in [5.41, 5.74) is 9.88. The third kappa shape index (κ3) is 4.66. The molecule has 42 heavy (non-hydrogen) atoms. The predicted molar refractivity (Wildman–Crippen MR) is 157 cm³/mol. The average molecular weight is 573 g/mol. The number of aryl methyl sites for hydroxylation is 1. The summed E-state index contributed by atoms with van der Waals surface area (Å²) in [6.07, 6.45) is 10.6. The first-order valence-electron chi connectivity index (χ1n) is 15.5. The number of aromatic nitrogens is 2. The Labute approximate surface area is 246 Å². The van der Waals surface area contributed by atoms with Crippen LogP contribution in [-0.2, 0) is 29.8 Å². The molecule has 1 aromatic heterocycles. The second-order valence-electron chi connectivity index (χ2n) is 12.9. The van der Waals surface area contributed by atoms with E-state index < -0.39 is 17.4 Å². The lowest BCUT2D eigenvalue weighted by Gasteiger charge is -2.43. The van der Waals surface area contributed by atoms with Gasteiger partial charge in [-0.3, -0.25) is 0 Å². The summed E-state index contributed by atoms with van der Waals surface area (Å²) in [6, 6.07) is 6.41. The highest BCUT2D eigenvalue weighted by Gasteiger charge is 2.58. The van der Waals surface area contributed by atoms with Gasteiger partial charge in [-0.05, 0) is 67.3 Å². The van der Waals surface area contributed by atoms with Crippen molar-refractivity contribution in [2.75, 3.05) is 36.8 Å². The lowest BCUT2D eigenvalue weighted by Crippen LogP contribution is -2.41. The number of fused-ring (bicyclic) bond motifs is 4. The maximum absolute atomic E-state index is 14.3. The van der Waals surface area contributed by atoms with E-state index in [0.717, 1.165) is 92.8 Å². The van der Waals surface area contributed by atoms with E-state index in [1.807, 2.05) is 12.1 Å². The molecule has 0 radical (unpaired) electrons. The molecule has 1 spiro atoms. The molecule has 0 saturated carbocycles. The van der Waals surface area contributed by atoms with Crippen LogP contribution in [0.25, 0.3) is 4.85 Å². The number of alkyl halides is 1. The van der Waals surface area contributed by atoms with Crippen LogP contribution in [0.5, 0.6) is 6.01 Å². The van der Waals surface area contributed by atoms with Gasteiger partial charge in [-0.1, -0.05) is 13.0 Å². The van der Waals surface area contributed by atoms with Crippen LogP contribution in [0, 0.1) is 23.5 Å². The first-order valence-corrected chi connectivity index (χ1v) is 15.5. The molecule has 10 heteroatoms. The fraction of sp³-hybridized carbons (Fsp3) is 0.625. The monoisotopic (exact) mass is 572 g/mol. The number of halogens is 1. The van der Waals surface area contributed by atoms with Crippen LogP contribution in [0.15, 0.2) is 12.1 Å². The number of hydrogen-bond acceptors (Lipinski definition) is 8. The zero-order chi connectivity index (χ0) is 28.9. The topological polar surface area (TPSA) is 105 Å². The van der Waals surface area contributed by atoms with Crippen LogP contribution >= 0.6 is 0 Å². The molecule has 3 fully saturated rings. The Morgan fingerprint density at radius 2 is 2.07 bits per heavy atom. The Hall–Kier alpha value is -3.47. The van der Waals surface area contributed by atoms with Crippen molar-refractivity contribution in [2.24, 2.45) is 5.92 Å². The maximum atomic E-state index is 14.3. The summed E-state index contributed by atoms with van der Waals surface area (Å²) in [6.45, 7) is 5.73. The van der Waals surface area contributed by atoms with Crippen molar-refractivity contribution in [3.05, 3.63) is 44.9 Å². The second-order valence-corrected chi connectivity index (χ2v) is 12.9. The van der Waals surface area contributed by atoms with Crippen molar-refractivity contribution >= 4 is 11.5 Å². The van der Waals surface area contributed by atoms with Gasteiger partial charge in [0.1, 0.15) is 23.7 Å². The minimum absolute atomic E-state index is 0.196. The minimum atomic E-state index is -0.880. The molecule has 0 unspecified atom stereocenters. The Balaban J connectivity index is 1.27. The molecule has 7 rings (SSSR count). The van der Waals surface area contributed by atoms with E-state index in [-0.39, 0.29) is 6.01 Å². The molecule has 9 nitrogen and oxygen atoms in total. The van der Waals surface area contributed by atoms with Crippen LogP contribution in [-0.4, -0.2) is 52.9 Å². The number of nitrogens with two attached hydrogens (primary N) is 1. The normalized spacial score (nSPS) is 30.5. The van der Waals surface area contributed by atoms with Crippen LogP contribution < -0.4 is 15.4 Å². The molecule has 0 bridgehead atoms. The standard InChI is InChI=1S/C32H39FN7O2/c1-21-5-3-12-39(14-9-21)29-25-19-42-31(10-2-6-22-7-8-26(35)24(17-34)28(22)31)16-27(25)37-30(38-29)41-20-36-32-11-4-13-40(32)18-23(33)15-32/h7-8,21,23H,2-6,9-16,18-19,35H2,1H3/q+1/t21-,23-,31+,32-/m1/s1. The Bertz CT molecular complexity index is 1500. The molecule has 2 aromatic rings. The summed E-state index contributed by atoms with van der Waals surface area (Å²) >= 11 is 0. The largest absolute Gasteiger partial charge is 0.525 e. The van der Waals surface area contributed by atoms with Crippen molar-refractivity contribution in [1.29, 1.82) is 5.26 Å². The van der Waals surface area contributed by atoms with Crippen molar-refractivity contribution in [2.45, 2.75) is 95.2 Å². The number of nitrogen functional groups attached to an aromatic ring is 1. The van der Waals surface area contributed by atoms with E-state index in [2.05, 4.69) is 33.9 Å². The summed E-state index contributed by atoms with van der Waals surface area (Å²) in [7, 11) is 0. The number of anilines is 2. The zero-order valence-corrected chi connectivity index (χ0v) is 24.4. The van der Waals surface area contributed by atoms with Crippen molar-refractivity contribution in [3.8, 4) is 18.3 Å². The molecule has 5 aliphatic rings. The van der Waals surface area contributed by atoms with E-state index in [4.69, 9.17) is 25.2 Å². The van der Waals surface area contributed by atoms with Gasteiger partial charge in [0.2, 0.25) is 0 Å². The van der Waals surface area contributed by atoms with Gasteiger partial charge in [0.25, 0.3) is 0 Å². The van der Waals surface area contributed by atoms with Gasteiger partial charge >= 0.3 is 17.9 Å². The molecule has 2 N–H and O–H groups in total. The van der Waals surface area contributed by atoms with Gasteiger partial charge in [0.15, 0.2) is 0 Å². The van der Waals surface area contributed by atoms with E-state index in [1.54, 1.807) is 0 Å². The number of ether oxygens (including phenoxy) is 2. The maximum Gasteiger partial charge on any atom is 0.525 e. The minimum Gasteiger partial charge on any atom is -0.398 e. The van der Waals surface area contributed by atoms with E-state index in [0.29, 0.717) is 43.2 Å². The zero-order valence-electron chi connectivity index (χ0n) is 24.4. The molecular formula is C32H39FN7O2+. The Kier molecular flexibility index (Phi) is 6.95. The molecule has 1 aliphatic carbocycles. The van der Waals surface area contributed by atoms with Crippen molar-refractivity contribution < 1.29 is 13.9 Å². The molecule has 220 valence electrons. The van der Waals surface area contributed by atoms with Gasteiger partial charge in [0, 0.05) is 55.8 Å². The third-order valence-electron chi connectivity index (χ3n) is 10.2. The predicted octanol–water partition coefficient (Wildman–Crippen LogP) is 5.06. The SMILES string of the molecule is C[C@@H]1CCCN(c2nc(OC#[N+][C@]34CCCN3C[C@H](F)C4)nc3c2CO[C@@]2(CCCc4ccc(N)c(C#N)c42)C3)CC1. The summed E-state index contributed by atoms with van der Waals surface area (Å²) < 4.78 is 27.0. The molecule has 3 saturated heterocycles. The third-order valence-corrected chi connectivity index (χ3v) is 10.2. The Morgan fingerprint density at radius 3 is 2.95 bits per heavy atom. The first kappa shape index (κ1) is 27.4. The quantitative estimate of drug-likeness (QED) is 0.393. The van der Waals surface area contributed by atoms with E-state index >= 15 is 0 Å². The highest BCUT2D eigenvalue weighted by Crippen LogP contribution is 2.48. The number of rotatable bonds is 2. The van der Waals surface area contributed by atoms with E-state index in [1.165, 1.54) is 6.42 Å². The first-order chi connectivity index (χ1) is 20.4. The van der Waals surface area contributed by atoms with Crippen molar-refractivity contribution in [1.82, 2.24) is 14.9 Å². The fourth-order valence-corrected chi connectivity index (χ4v) is 8.02. The summed E-state index contributed by atoms with van der Waals surface area (Å²) in [5, 5.41) is 10.1. The molecule has 1 aromatic carbocycles. The van der Waals surface area contributed by atoms with Gasteiger partial charge in [0.05, 0.1) is 24.3 Å². The van der Waals surface area contributed by atoms with Crippen LogP contribution in [0.4, 0.5) is 15.9 Å². The lowest BCUT2D eigenvalue weighted by atomic mass is 9.72. The summed E-state index contributed by atoms with van der Waals surface area (Å²) in [5.74, 6) is 1.51. The number of nitrogens with zero attached hydrogens (tertiary/aromatic N) is 6. The van der Waals surface area contributed by atoms with Crippen LogP contribution in [0.2, 0.25) is 0 Å². The van der Waals surface area contributed by atoms with Gasteiger partial charge in [-0.15, -0.1) is 0 Å². The lowest BCUT2D eigenvalue weighted by molar-refractivity contribution is -0.0856. The van der Waals surface area contributed by atoms with E-state index in [9.17, 15) is 9.65 Å². The van der Waals surface area contributed by atoms with Gasteiger partial charge < -0.3 is 20.1 Å². The molecule has 5 heterocycles.